The molecule has 0 bridgehead atoms. The number of nitrogens with one attached hydrogen (secondary N) is 2. The Morgan fingerprint density at radius 2 is 2.17 bits per heavy atom. The molecule has 0 saturated heterocycles. The molecule has 0 aliphatic heterocycles. The van der Waals surface area contributed by atoms with Gasteiger partial charge in [0, 0.05) is 39.0 Å². The summed E-state index contributed by atoms with van der Waals surface area (Å²) >= 11 is 1.34. The van der Waals surface area contributed by atoms with Gasteiger partial charge in [-0.15, -0.1) is 11.3 Å². The van der Waals surface area contributed by atoms with Crippen LogP contribution in [0.1, 0.15) is 9.67 Å². The molecule has 0 radical (unpaired) electrons. The molecule has 0 spiro atoms. The highest BCUT2D eigenvalue weighted by atomic mass is 32.1. The molecule has 4 rings (SSSR count). The van der Waals surface area contributed by atoms with Crippen LogP contribution in [0.4, 0.5) is 11.6 Å². The van der Waals surface area contributed by atoms with Gasteiger partial charge in [0.25, 0.3) is 5.91 Å². The standard InChI is InChI=1S/C19H21N7O3S/c1-20-17(27)15-8-12(11-30-15)22-19-23-14-4-5-26(13-9-21-25(2)10-13)16(14)18(24-19)29-7-6-28-3/h4-5,8-11H,6-7H2,1-3H3,(H,20,27)(H,22,23,24). The van der Waals surface area contributed by atoms with Crippen molar-refractivity contribution < 1.29 is 14.3 Å². The van der Waals surface area contributed by atoms with Crippen molar-refractivity contribution in [2.45, 2.75) is 0 Å². The summed E-state index contributed by atoms with van der Waals surface area (Å²) in [6, 6.07) is 3.64. The molecule has 30 heavy (non-hydrogen) atoms. The van der Waals surface area contributed by atoms with Crippen molar-refractivity contribution in [3.8, 4) is 11.6 Å². The van der Waals surface area contributed by atoms with Crippen LogP contribution in [0.15, 0.2) is 36.1 Å². The molecule has 4 heterocycles. The molecule has 11 heteroatoms. The number of thiophene rings is 1. The average molecular weight is 427 g/mol. The Morgan fingerprint density at radius 3 is 2.90 bits per heavy atom. The molecular formula is C19H21N7O3S. The van der Waals surface area contributed by atoms with E-state index in [0.29, 0.717) is 35.4 Å². The SMILES string of the molecule is CNC(=O)c1cc(Nc2nc(OCCOC)c3c(ccn3-c3cnn(C)c3)n2)cs1. The van der Waals surface area contributed by atoms with Crippen molar-refractivity contribution in [1.29, 1.82) is 0 Å². The number of nitrogens with zero attached hydrogens (tertiary/aromatic N) is 5. The van der Waals surface area contributed by atoms with Crippen molar-refractivity contribution in [1.82, 2.24) is 29.6 Å². The largest absolute Gasteiger partial charge is 0.474 e. The number of fused-ring (bicyclic) bond motifs is 1. The van der Waals surface area contributed by atoms with E-state index in [1.807, 2.05) is 35.5 Å². The minimum absolute atomic E-state index is 0.137. The van der Waals surface area contributed by atoms with Gasteiger partial charge in [-0.3, -0.25) is 9.48 Å². The summed E-state index contributed by atoms with van der Waals surface area (Å²) in [6.45, 7) is 0.779. The molecular weight excluding hydrogens is 406 g/mol. The van der Waals surface area contributed by atoms with Crippen LogP contribution in [0.2, 0.25) is 0 Å². The van der Waals surface area contributed by atoms with Crippen molar-refractivity contribution in [2.75, 3.05) is 32.7 Å². The highest BCUT2D eigenvalue weighted by molar-refractivity contribution is 7.12. The van der Waals surface area contributed by atoms with Gasteiger partial charge in [-0.25, -0.2) is 4.98 Å². The lowest BCUT2D eigenvalue weighted by molar-refractivity contribution is 0.0967. The molecule has 0 aliphatic rings. The number of anilines is 2. The zero-order valence-corrected chi connectivity index (χ0v) is 17.6. The van der Waals surface area contributed by atoms with Gasteiger partial charge in [0.1, 0.15) is 12.1 Å². The third-order valence-electron chi connectivity index (χ3n) is 4.30. The van der Waals surface area contributed by atoms with Crippen LogP contribution in [-0.2, 0) is 11.8 Å². The number of aryl methyl sites for hydroxylation is 1. The maximum Gasteiger partial charge on any atom is 0.261 e. The molecule has 0 aromatic carbocycles. The maximum atomic E-state index is 11.8. The maximum absolute atomic E-state index is 11.8. The Balaban J connectivity index is 1.71. The molecule has 0 saturated carbocycles. The van der Waals surface area contributed by atoms with Crippen molar-refractivity contribution in [3.63, 3.8) is 0 Å². The molecule has 0 atom stereocenters. The number of aromatic nitrogens is 5. The highest BCUT2D eigenvalue weighted by Crippen LogP contribution is 2.30. The van der Waals surface area contributed by atoms with Gasteiger partial charge in [-0.2, -0.15) is 10.1 Å². The zero-order chi connectivity index (χ0) is 21.1. The van der Waals surface area contributed by atoms with E-state index < -0.39 is 0 Å². The van der Waals surface area contributed by atoms with Gasteiger partial charge in [0.05, 0.1) is 34.6 Å². The Morgan fingerprint density at radius 1 is 1.30 bits per heavy atom. The number of amides is 1. The van der Waals surface area contributed by atoms with E-state index in [1.54, 1.807) is 31.1 Å². The molecule has 1 amide bonds. The van der Waals surface area contributed by atoms with Crippen LogP contribution < -0.4 is 15.4 Å². The monoisotopic (exact) mass is 427 g/mol. The van der Waals surface area contributed by atoms with Gasteiger partial charge in [-0.1, -0.05) is 0 Å². The van der Waals surface area contributed by atoms with E-state index >= 15 is 0 Å². The summed E-state index contributed by atoms with van der Waals surface area (Å²) in [5, 5.41) is 11.8. The number of carbonyl (C=O) groups excluding carboxylic acids is 1. The second kappa shape index (κ2) is 8.51. The smallest absolute Gasteiger partial charge is 0.261 e. The molecule has 0 fully saturated rings. The normalized spacial score (nSPS) is 11.0. The Labute approximate surface area is 176 Å². The molecule has 4 aromatic heterocycles. The summed E-state index contributed by atoms with van der Waals surface area (Å²) in [4.78, 5) is 21.6. The molecule has 10 nitrogen and oxygen atoms in total. The Kier molecular flexibility index (Phi) is 5.63. The fourth-order valence-corrected chi connectivity index (χ4v) is 3.70. The predicted octanol–water partition coefficient (Wildman–Crippen LogP) is 2.34. The molecule has 4 aromatic rings. The van der Waals surface area contributed by atoms with Crippen LogP contribution in [0.5, 0.6) is 5.88 Å². The first-order chi connectivity index (χ1) is 14.6. The van der Waals surface area contributed by atoms with E-state index in [-0.39, 0.29) is 5.91 Å². The number of carbonyl (C=O) groups is 1. The van der Waals surface area contributed by atoms with Crippen molar-refractivity contribution in [2.24, 2.45) is 7.05 Å². The first-order valence-electron chi connectivity index (χ1n) is 9.16. The van der Waals surface area contributed by atoms with Crippen LogP contribution >= 0.6 is 11.3 Å². The molecule has 156 valence electrons. The third kappa shape index (κ3) is 3.98. The van der Waals surface area contributed by atoms with Gasteiger partial charge >= 0.3 is 0 Å². The van der Waals surface area contributed by atoms with Crippen molar-refractivity contribution >= 4 is 39.9 Å². The Bertz CT molecular complexity index is 1180. The fraction of sp³-hybridized carbons (Fsp3) is 0.263. The summed E-state index contributed by atoms with van der Waals surface area (Å²) in [5.41, 5.74) is 3.06. The predicted molar refractivity (Wildman–Crippen MR) is 114 cm³/mol. The lowest BCUT2D eigenvalue weighted by Crippen LogP contribution is -2.16. The number of rotatable bonds is 8. The Hall–Kier alpha value is -3.44. The topological polar surface area (TPSA) is 108 Å². The molecule has 0 unspecified atom stereocenters. The lowest BCUT2D eigenvalue weighted by Gasteiger charge is -2.11. The number of hydrogen-bond donors (Lipinski definition) is 2. The van der Waals surface area contributed by atoms with Crippen LogP contribution in [-0.4, -0.2) is 57.6 Å². The lowest BCUT2D eigenvalue weighted by atomic mass is 10.4. The summed E-state index contributed by atoms with van der Waals surface area (Å²) < 4.78 is 14.7. The summed E-state index contributed by atoms with van der Waals surface area (Å²) in [6.07, 6.45) is 5.56. The molecule has 0 aliphatic carbocycles. The minimum Gasteiger partial charge on any atom is -0.474 e. The van der Waals surface area contributed by atoms with Gasteiger partial charge in [-0.05, 0) is 12.1 Å². The first kappa shape index (κ1) is 19.9. The van der Waals surface area contributed by atoms with E-state index in [4.69, 9.17) is 9.47 Å². The molecule has 2 N–H and O–H groups in total. The van der Waals surface area contributed by atoms with E-state index in [1.165, 1.54) is 11.3 Å². The summed E-state index contributed by atoms with van der Waals surface area (Å²) in [5.74, 6) is 0.664. The number of methoxy groups -OCH3 is 1. The van der Waals surface area contributed by atoms with Gasteiger partial charge in [0.15, 0.2) is 0 Å². The van der Waals surface area contributed by atoms with E-state index in [2.05, 4.69) is 25.7 Å². The second-order valence-electron chi connectivity index (χ2n) is 6.39. The zero-order valence-electron chi connectivity index (χ0n) is 16.7. The highest BCUT2D eigenvalue weighted by Gasteiger charge is 2.16. The fourth-order valence-electron chi connectivity index (χ4n) is 2.91. The van der Waals surface area contributed by atoms with Gasteiger partial charge in [0.2, 0.25) is 11.8 Å². The van der Waals surface area contributed by atoms with Gasteiger partial charge < -0.3 is 24.7 Å². The number of ether oxygens (including phenoxy) is 2. The second-order valence-corrected chi connectivity index (χ2v) is 7.30. The summed E-state index contributed by atoms with van der Waals surface area (Å²) in [7, 11) is 5.07. The quantitative estimate of drug-likeness (QED) is 0.416. The number of hydrogen-bond acceptors (Lipinski definition) is 8. The third-order valence-corrected chi connectivity index (χ3v) is 5.23. The van der Waals surface area contributed by atoms with E-state index in [0.717, 1.165) is 16.9 Å². The first-order valence-corrected chi connectivity index (χ1v) is 10.0. The van der Waals surface area contributed by atoms with Crippen molar-refractivity contribution in [3.05, 3.63) is 41.0 Å². The average Bonchev–Trinajstić information content (AvgIpc) is 3.47. The van der Waals surface area contributed by atoms with Crippen LogP contribution in [0.3, 0.4) is 0 Å². The van der Waals surface area contributed by atoms with Crippen LogP contribution in [0, 0.1) is 0 Å². The minimum atomic E-state index is -0.137. The van der Waals surface area contributed by atoms with Crippen LogP contribution in [0.25, 0.3) is 16.7 Å². The van der Waals surface area contributed by atoms with E-state index in [9.17, 15) is 4.79 Å².